The average Bonchev–Trinajstić information content (AvgIpc) is 3.00. The highest BCUT2D eigenvalue weighted by Crippen LogP contribution is 2.58. The molecule has 0 N–H and O–H groups in total. The van der Waals surface area contributed by atoms with Crippen LogP contribution in [0.15, 0.2) is 0 Å². The zero-order valence-corrected chi connectivity index (χ0v) is 9.98. The van der Waals surface area contributed by atoms with Gasteiger partial charge in [0, 0.05) is 12.8 Å². The highest BCUT2D eigenvalue weighted by Gasteiger charge is 2.46. The summed E-state index contributed by atoms with van der Waals surface area (Å²) < 4.78 is 26.2. The van der Waals surface area contributed by atoms with Gasteiger partial charge in [0.05, 0.1) is 0 Å². The molecule has 0 aliphatic heterocycles. The molecule has 0 radical (unpaired) electrons. The van der Waals surface area contributed by atoms with Crippen molar-refractivity contribution in [2.45, 2.75) is 70.1 Å². The third-order valence-corrected chi connectivity index (χ3v) is 5.48. The summed E-state index contributed by atoms with van der Waals surface area (Å²) in [6.45, 7) is 0. The Bertz CT molecular complexity index is 232. The van der Waals surface area contributed by atoms with Crippen LogP contribution in [0.1, 0.15) is 64.2 Å². The maximum absolute atomic E-state index is 13.1. The number of hydrogen-bond donors (Lipinski definition) is 0. The van der Waals surface area contributed by atoms with Gasteiger partial charge in [0.1, 0.15) is 0 Å². The van der Waals surface area contributed by atoms with Crippen molar-refractivity contribution in [3.8, 4) is 0 Å². The van der Waals surface area contributed by atoms with E-state index in [0.29, 0.717) is 5.92 Å². The monoisotopic (exact) mass is 228 g/mol. The lowest BCUT2D eigenvalue weighted by molar-refractivity contribution is -0.0552. The number of hydrogen-bond acceptors (Lipinski definition) is 0. The second kappa shape index (κ2) is 3.68. The minimum Gasteiger partial charge on any atom is -0.207 e. The summed E-state index contributed by atoms with van der Waals surface area (Å²) in [7, 11) is 0. The molecule has 16 heavy (non-hydrogen) atoms. The molecule has 3 fully saturated rings. The first kappa shape index (κ1) is 11.0. The molecule has 0 heterocycles. The Hall–Kier alpha value is -0.140. The van der Waals surface area contributed by atoms with E-state index in [0.717, 1.165) is 24.2 Å². The predicted octanol–water partition coefficient (Wildman–Crippen LogP) is 4.78. The fourth-order valence-electron chi connectivity index (χ4n) is 3.93. The minimum atomic E-state index is -2.34. The summed E-state index contributed by atoms with van der Waals surface area (Å²) in [6, 6.07) is 0. The second-order valence-corrected chi connectivity index (χ2v) is 6.53. The Balaban J connectivity index is 1.51. The Labute approximate surface area is 96.8 Å². The Kier molecular flexibility index (Phi) is 2.52. The standard InChI is InChI=1S/C14H22F2/c15-14(16)7-3-12(4-8-14)11-1-5-13(6-2-11)9-10-13/h11-12H,1-10H2. The number of alkyl halides is 2. The van der Waals surface area contributed by atoms with E-state index in [-0.39, 0.29) is 12.8 Å². The highest BCUT2D eigenvalue weighted by atomic mass is 19.3. The van der Waals surface area contributed by atoms with Crippen LogP contribution in [0.25, 0.3) is 0 Å². The maximum atomic E-state index is 13.1. The van der Waals surface area contributed by atoms with Crippen molar-refractivity contribution in [1.82, 2.24) is 0 Å². The maximum Gasteiger partial charge on any atom is 0.248 e. The van der Waals surface area contributed by atoms with Crippen LogP contribution < -0.4 is 0 Å². The van der Waals surface area contributed by atoms with Crippen molar-refractivity contribution >= 4 is 0 Å². The van der Waals surface area contributed by atoms with Crippen molar-refractivity contribution in [2.75, 3.05) is 0 Å². The van der Waals surface area contributed by atoms with Gasteiger partial charge < -0.3 is 0 Å². The van der Waals surface area contributed by atoms with Gasteiger partial charge in [-0.25, -0.2) is 8.78 Å². The molecule has 0 atom stereocenters. The highest BCUT2D eigenvalue weighted by molar-refractivity contribution is 4.97. The first-order chi connectivity index (χ1) is 7.59. The molecule has 0 aromatic heterocycles. The van der Waals surface area contributed by atoms with Crippen LogP contribution in [-0.4, -0.2) is 5.92 Å². The summed E-state index contributed by atoms with van der Waals surface area (Å²) in [5.74, 6) is -0.943. The minimum absolute atomic E-state index is 0.152. The van der Waals surface area contributed by atoms with Crippen molar-refractivity contribution < 1.29 is 8.78 Å². The van der Waals surface area contributed by atoms with E-state index in [1.165, 1.54) is 38.5 Å². The molecule has 3 aliphatic carbocycles. The molecule has 1 spiro atoms. The van der Waals surface area contributed by atoms with E-state index in [4.69, 9.17) is 0 Å². The van der Waals surface area contributed by atoms with Crippen molar-refractivity contribution in [2.24, 2.45) is 17.3 Å². The lowest BCUT2D eigenvalue weighted by Gasteiger charge is -2.38. The molecule has 0 nitrogen and oxygen atoms in total. The van der Waals surface area contributed by atoms with Gasteiger partial charge in [-0.1, -0.05) is 0 Å². The van der Waals surface area contributed by atoms with Crippen LogP contribution in [0.5, 0.6) is 0 Å². The van der Waals surface area contributed by atoms with Crippen LogP contribution in [-0.2, 0) is 0 Å². The zero-order valence-electron chi connectivity index (χ0n) is 9.98. The van der Waals surface area contributed by atoms with Crippen molar-refractivity contribution in [3.63, 3.8) is 0 Å². The quantitative estimate of drug-likeness (QED) is 0.605. The SMILES string of the molecule is FC1(F)CCC(C2CCC3(CC2)CC3)CC1. The van der Waals surface area contributed by atoms with Gasteiger partial charge in [-0.2, -0.15) is 0 Å². The second-order valence-electron chi connectivity index (χ2n) is 6.53. The third kappa shape index (κ3) is 2.12. The predicted molar refractivity (Wildman–Crippen MR) is 60.5 cm³/mol. The lowest BCUT2D eigenvalue weighted by Crippen LogP contribution is -2.30. The topological polar surface area (TPSA) is 0 Å². The van der Waals surface area contributed by atoms with E-state index in [1.54, 1.807) is 0 Å². The van der Waals surface area contributed by atoms with Gasteiger partial charge in [-0.15, -0.1) is 0 Å². The summed E-state index contributed by atoms with van der Waals surface area (Å²) >= 11 is 0. The van der Waals surface area contributed by atoms with Gasteiger partial charge in [-0.3, -0.25) is 0 Å². The van der Waals surface area contributed by atoms with Gasteiger partial charge in [0.2, 0.25) is 5.92 Å². The molecule has 0 bridgehead atoms. The summed E-state index contributed by atoms with van der Waals surface area (Å²) in [4.78, 5) is 0. The Morgan fingerprint density at radius 1 is 0.625 bits per heavy atom. The van der Waals surface area contributed by atoms with E-state index in [9.17, 15) is 8.78 Å². The van der Waals surface area contributed by atoms with Crippen molar-refractivity contribution in [1.29, 1.82) is 0 Å². The van der Waals surface area contributed by atoms with E-state index < -0.39 is 5.92 Å². The third-order valence-electron chi connectivity index (χ3n) is 5.48. The fourth-order valence-corrected chi connectivity index (χ4v) is 3.93. The van der Waals surface area contributed by atoms with Gasteiger partial charge >= 0.3 is 0 Å². The van der Waals surface area contributed by atoms with E-state index in [1.807, 2.05) is 0 Å². The summed E-state index contributed by atoms with van der Waals surface area (Å²) in [6.07, 6.45) is 10.2. The molecular weight excluding hydrogens is 206 g/mol. The molecule has 0 amide bonds. The van der Waals surface area contributed by atoms with Crippen LogP contribution in [0.4, 0.5) is 8.78 Å². The smallest absolute Gasteiger partial charge is 0.207 e. The molecular formula is C14H22F2. The van der Waals surface area contributed by atoms with Crippen molar-refractivity contribution in [3.05, 3.63) is 0 Å². The van der Waals surface area contributed by atoms with E-state index >= 15 is 0 Å². The molecule has 3 aliphatic rings. The van der Waals surface area contributed by atoms with Gasteiger partial charge in [0.15, 0.2) is 0 Å². The van der Waals surface area contributed by atoms with Gasteiger partial charge in [-0.05, 0) is 68.6 Å². The van der Waals surface area contributed by atoms with E-state index in [2.05, 4.69) is 0 Å². The molecule has 3 rings (SSSR count). The van der Waals surface area contributed by atoms with Crippen LogP contribution >= 0.6 is 0 Å². The van der Waals surface area contributed by atoms with Gasteiger partial charge in [0.25, 0.3) is 0 Å². The zero-order chi connectivity index (χ0) is 11.2. The largest absolute Gasteiger partial charge is 0.248 e. The average molecular weight is 228 g/mol. The molecule has 3 saturated carbocycles. The van der Waals surface area contributed by atoms with Crippen LogP contribution in [0.3, 0.4) is 0 Å². The summed E-state index contributed by atoms with van der Waals surface area (Å²) in [5.41, 5.74) is 0.745. The Morgan fingerprint density at radius 3 is 1.50 bits per heavy atom. The first-order valence-electron chi connectivity index (χ1n) is 6.97. The number of halogens is 2. The lowest BCUT2D eigenvalue weighted by atomic mass is 9.69. The summed E-state index contributed by atoms with van der Waals surface area (Å²) in [5, 5.41) is 0. The molecule has 0 aromatic carbocycles. The first-order valence-corrected chi connectivity index (χ1v) is 6.97. The molecule has 0 aromatic rings. The molecule has 2 heteroatoms. The molecule has 0 saturated heterocycles. The Morgan fingerprint density at radius 2 is 1.06 bits per heavy atom. The number of rotatable bonds is 1. The van der Waals surface area contributed by atoms with Crippen LogP contribution in [0, 0.1) is 17.3 Å². The van der Waals surface area contributed by atoms with Crippen LogP contribution in [0.2, 0.25) is 0 Å². The fraction of sp³-hybridized carbons (Fsp3) is 1.00. The molecule has 0 unspecified atom stereocenters. The normalized spacial score (nSPS) is 37.5. The molecule has 92 valence electrons.